The van der Waals surface area contributed by atoms with E-state index in [9.17, 15) is 4.79 Å². The Bertz CT molecular complexity index is 1150. The van der Waals surface area contributed by atoms with Crippen LogP contribution in [0.3, 0.4) is 0 Å². The van der Waals surface area contributed by atoms with E-state index < -0.39 is 0 Å². The van der Waals surface area contributed by atoms with E-state index in [2.05, 4.69) is 33.2 Å². The molecule has 2 aromatic carbocycles. The van der Waals surface area contributed by atoms with E-state index in [0.29, 0.717) is 17.4 Å². The van der Waals surface area contributed by atoms with E-state index in [-0.39, 0.29) is 11.9 Å². The summed E-state index contributed by atoms with van der Waals surface area (Å²) in [4.78, 5) is 20.0. The van der Waals surface area contributed by atoms with Crippen molar-refractivity contribution in [3.8, 4) is 5.75 Å². The summed E-state index contributed by atoms with van der Waals surface area (Å²) in [5.74, 6) is 1.61. The molecule has 2 aliphatic heterocycles. The molecule has 3 unspecified atom stereocenters. The van der Waals surface area contributed by atoms with Crippen LogP contribution in [-0.2, 0) is 0 Å². The summed E-state index contributed by atoms with van der Waals surface area (Å²) in [5.41, 5.74) is 10.6. The predicted octanol–water partition coefficient (Wildman–Crippen LogP) is 2.86. The number of amides is 1. The number of para-hydroxylation sites is 1. The van der Waals surface area contributed by atoms with Gasteiger partial charge in [0.05, 0.1) is 24.2 Å². The van der Waals surface area contributed by atoms with E-state index >= 15 is 0 Å². The topological polar surface area (TPSA) is 78.5 Å². The van der Waals surface area contributed by atoms with Gasteiger partial charge in [-0.15, -0.1) is 0 Å². The number of benzene rings is 2. The van der Waals surface area contributed by atoms with Gasteiger partial charge in [0, 0.05) is 49.6 Å². The van der Waals surface area contributed by atoms with Gasteiger partial charge in [-0.1, -0.05) is 30.3 Å². The normalized spacial score (nSPS) is 23.2. The molecule has 0 saturated carbocycles. The largest absolute Gasteiger partial charge is 0.497 e. The molecule has 0 radical (unpaired) electrons. The number of hydrogen-bond donors (Lipinski definition) is 3. The molecule has 33 heavy (non-hydrogen) atoms. The summed E-state index contributed by atoms with van der Waals surface area (Å²) >= 11 is 0. The Morgan fingerprint density at radius 2 is 2.09 bits per heavy atom. The number of nitrogens with zero attached hydrogens (tertiary/aromatic N) is 2. The number of carbonyl (C=O) groups is 1. The van der Waals surface area contributed by atoms with Crippen LogP contribution < -0.4 is 20.9 Å². The Kier molecular flexibility index (Phi) is 6.26. The van der Waals surface area contributed by atoms with Gasteiger partial charge >= 0.3 is 0 Å². The maximum Gasteiger partial charge on any atom is 0.251 e. The van der Waals surface area contributed by atoms with Crippen LogP contribution in [0.15, 0.2) is 54.6 Å². The fourth-order valence-corrected chi connectivity index (χ4v) is 5.20. The quantitative estimate of drug-likeness (QED) is 0.542. The number of hydrogen-bond acceptors (Lipinski definition) is 6. The number of ether oxygens (including phenoxy) is 1. The summed E-state index contributed by atoms with van der Waals surface area (Å²) in [6, 6.07) is 18.4. The van der Waals surface area contributed by atoms with Crippen molar-refractivity contribution in [2.24, 2.45) is 5.92 Å². The summed E-state index contributed by atoms with van der Waals surface area (Å²) in [6.07, 6.45) is 1.05. The predicted molar refractivity (Wildman–Crippen MR) is 129 cm³/mol. The molecule has 7 heteroatoms. The van der Waals surface area contributed by atoms with Crippen LogP contribution in [0.25, 0.3) is 10.9 Å². The van der Waals surface area contributed by atoms with Crippen molar-refractivity contribution in [1.82, 2.24) is 26.1 Å². The van der Waals surface area contributed by atoms with Crippen LogP contribution in [0.5, 0.6) is 5.75 Å². The highest BCUT2D eigenvalue weighted by molar-refractivity contribution is 6.06. The minimum atomic E-state index is -0.0612. The minimum Gasteiger partial charge on any atom is -0.497 e. The monoisotopic (exact) mass is 445 g/mol. The number of fused-ring (bicyclic) bond motifs is 1. The van der Waals surface area contributed by atoms with E-state index in [0.717, 1.165) is 54.9 Å². The molecular formula is C26H31N5O2. The summed E-state index contributed by atoms with van der Waals surface area (Å²) < 4.78 is 5.42. The van der Waals surface area contributed by atoms with Crippen molar-refractivity contribution in [2.45, 2.75) is 18.4 Å². The van der Waals surface area contributed by atoms with E-state index in [4.69, 9.17) is 9.72 Å². The third kappa shape index (κ3) is 4.44. The molecule has 0 bridgehead atoms. The lowest BCUT2D eigenvalue weighted by Gasteiger charge is -2.25. The first-order valence-corrected chi connectivity index (χ1v) is 11.6. The van der Waals surface area contributed by atoms with Gasteiger partial charge in [0.25, 0.3) is 5.91 Å². The molecule has 5 rings (SSSR count). The van der Waals surface area contributed by atoms with Gasteiger partial charge in [-0.25, -0.2) is 5.43 Å². The number of nitrogens with one attached hydrogen (secondary N) is 3. The number of aromatic nitrogens is 1. The van der Waals surface area contributed by atoms with Crippen molar-refractivity contribution in [2.75, 3.05) is 40.3 Å². The second-order valence-corrected chi connectivity index (χ2v) is 8.98. The van der Waals surface area contributed by atoms with Crippen molar-refractivity contribution in [1.29, 1.82) is 0 Å². The Balaban J connectivity index is 1.32. The Morgan fingerprint density at radius 1 is 1.21 bits per heavy atom. The van der Waals surface area contributed by atoms with E-state index in [1.807, 2.05) is 42.5 Å². The average molecular weight is 446 g/mol. The molecule has 172 valence electrons. The lowest BCUT2D eigenvalue weighted by atomic mass is 9.94. The molecule has 0 aliphatic carbocycles. The lowest BCUT2D eigenvalue weighted by molar-refractivity contribution is 0.0964. The first-order valence-electron chi connectivity index (χ1n) is 11.6. The molecule has 2 saturated heterocycles. The molecular weight excluding hydrogens is 414 g/mol. The molecule has 1 aromatic heterocycles. The van der Waals surface area contributed by atoms with E-state index in [1.165, 1.54) is 5.56 Å². The number of likely N-dealkylation sites (tertiary alicyclic amines) is 1. The molecule has 2 aliphatic rings. The van der Waals surface area contributed by atoms with E-state index in [1.54, 1.807) is 14.2 Å². The molecule has 3 heterocycles. The summed E-state index contributed by atoms with van der Waals surface area (Å²) in [5, 5.41) is 3.68. The van der Waals surface area contributed by atoms with Crippen LogP contribution >= 0.6 is 0 Å². The summed E-state index contributed by atoms with van der Waals surface area (Å²) in [7, 11) is 3.38. The SMILES string of the molecule is CNC(=O)c1cc(C2CCN(CC3CNNC3c3cccc(OC)c3)C2)nc2ccccc12. The van der Waals surface area contributed by atoms with Crippen LogP contribution in [0.1, 0.15) is 40.0 Å². The van der Waals surface area contributed by atoms with Crippen LogP contribution in [0.2, 0.25) is 0 Å². The number of hydrazine groups is 1. The van der Waals surface area contributed by atoms with Gasteiger partial charge in [0.15, 0.2) is 0 Å². The zero-order valence-electron chi connectivity index (χ0n) is 19.2. The third-order valence-electron chi connectivity index (χ3n) is 6.94. The Hall–Kier alpha value is -3.00. The standard InChI is InChI=1S/C26H31N5O2/c1-27-26(32)22-13-24(29-23-9-4-3-8-21(22)23)18-10-11-31(15-18)16-19-14-28-30-25(19)17-6-5-7-20(12-17)33-2/h3-9,12-13,18-19,25,28,30H,10-11,14-16H2,1-2H3,(H,27,32). The first kappa shape index (κ1) is 21.8. The highest BCUT2D eigenvalue weighted by Gasteiger charge is 2.33. The molecule has 3 atom stereocenters. The number of pyridine rings is 1. The smallest absolute Gasteiger partial charge is 0.251 e. The lowest BCUT2D eigenvalue weighted by Crippen LogP contribution is -2.31. The highest BCUT2D eigenvalue weighted by Crippen LogP contribution is 2.33. The van der Waals surface area contributed by atoms with Gasteiger partial charge < -0.3 is 15.0 Å². The van der Waals surface area contributed by atoms with Crippen molar-refractivity contribution in [3.63, 3.8) is 0 Å². The zero-order valence-corrected chi connectivity index (χ0v) is 19.2. The minimum absolute atomic E-state index is 0.0612. The van der Waals surface area contributed by atoms with Crippen molar-refractivity contribution >= 4 is 16.8 Å². The fourth-order valence-electron chi connectivity index (χ4n) is 5.20. The second-order valence-electron chi connectivity index (χ2n) is 8.98. The van der Waals surface area contributed by atoms with Gasteiger partial charge in [-0.05, 0) is 42.8 Å². The summed E-state index contributed by atoms with van der Waals surface area (Å²) in [6.45, 7) is 3.93. The average Bonchev–Trinajstić information content (AvgIpc) is 3.53. The van der Waals surface area contributed by atoms with Crippen molar-refractivity contribution < 1.29 is 9.53 Å². The molecule has 1 amide bonds. The van der Waals surface area contributed by atoms with Crippen LogP contribution in [0.4, 0.5) is 0 Å². The fraction of sp³-hybridized carbons (Fsp3) is 0.385. The maximum absolute atomic E-state index is 12.5. The maximum atomic E-state index is 12.5. The molecule has 7 nitrogen and oxygen atoms in total. The number of methoxy groups -OCH3 is 1. The first-order chi connectivity index (χ1) is 16.2. The van der Waals surface area contributed by atoms with Gasteiger partial charge in [-0.2, -0.15) is 0 Å². The van der Waals surface area contributed by atoms with Crippen LogP contribution in [-0.4, -0.2) is 56.1 Å². The second kappa shape index (κ2) is 9.47. The van der Waals surface area contributed by atoms with Gasteiger partial charge in [0.2, 0.25) is 0 Å². The van der Waals surface area contributed by atoms with Gasteiger partial charge in [-0.3, -0.25) is 15.2 Å². The third-order valence-corrected chi connectivity index (χ3v) is 6.94. The molecule has 3 aromatic rings. The van der Waals surface area contributed by atoms with Gasteiger partial charge in [0.1, 0.15) is 5.75 Å². The highest BCUT2D eigenvalue weighted by atomic mass is 16.5. The molecule has 3 N–H and O–H groups in total. The van der Waals surface area contributed by atoms with Crippen molar-refractivity contribution in [3.05, 3.63) is 71.4 Å². The molecule has 2 fully saturated rings. The number of rotatable bonds is 6. The van der Waals surface area contributed by atoms with Crippen LogP contribution in [0, 0.1) is 5.92 Å². The Labute approximate surface area is 194 Å². The zero-order chi connectivity index (χ0) is 22.8. The molecule has 0 spiro atoms. The Morgan fingerprint density at radius 3 is 2.94 bits per heavy atom. The number of carbonyl (C=O) groups excluding carboxylic acids is 1.